The third-order valence-electron chi connectivity index (χ3n) is 3.03. The molecule has 3 N–H and O–H groups in total. The predicted octanol–water partition coefficient (Wildman–Crippen LogP) is 3.00. The summed E-state index contributed by atoms with van der Waals surface area (Å²) < 4.78 is 0. The number of aromatic nitrogens is 2. The van der Waals surface area contributed by atoms with Crippen LogP contribution in [-0.4, -0.2) is 34.3 Å². The second kappa shape index (κ2) is 6.85. The topological polar surface area (TPSA) is 70.1 Å². The summed E-state index contributed by atoms with van der Waals surface area (Å²) in [7, 11) is 0. The van der Waals surface area contributed by atoms with Gasteiger partial charge >= 0.3 is 0 Å². The quantitative estimate of drug-likeness (QED) is 0.732. The second-order valence-corrected chi connectivity index (χ2v) is 6.15. The fourth-order valence-electron chi connectivity index (χ4n) is 2.09. The van der Waals surface area contributed by atoms with Gasteiger partial charge in [0.15, 0.2) is 0 Å². The van der Waals surface area contributed by atoms with Gasteiger partial charge in [0.25, 0.3) is 0 Å². The van der Waals surface area contributed by atoms with E-state index in [1.807, 2.05) is 6.92 Å². The van der Waals surface area contributed by atoms with Gasteiger partial charge in [-0.1, -0.05) is 0 Å². The average molecular weight is 294 g/mol. The fraction of sp³-hybridized carbons (Fsp3) is 0.571. The number of hydrogen-bond donors (Lipinski definition) is 3. The molecule has 0 fully saturated rings. The lowest BCUT2D eigenvalue weighted by atomic mass is 10.2. The molecule has 1 unspecified atom stereocenters. The van der Waals surface area contributed by atoms with Crippen LogP contribution in [-0.2, 0) is 0 Å². The highest BCUT2D eigenvalue weighted by molar-refractivity contribution is 7.18. The molecule has 2 rings (SSSR count). The number of aryl methyl sites for hydroxylation is 1. The van der Waals surface area contributed by atoms with Gasteiger partial charge in [0.1, 0.15) is 10.6 Å². The van der Waals surface area contributed by atoms with Crippen molar-refractivity contribution in [3.8, 4) is 0 Å². The summed E-state index contributed by atoms with van der Waals surface area (Å²) in [5.74, 6) is 1.54. The monoisotopic (exact) mass is 294 g/mol. The van der Waals surface area contributed by atoms with Crippen LogP contribution in [0.25, 0.3) is 10.2 Å². The zero-order valence-electron chi connectivity index (χ0n) is 12.2. The predicted molar refractivity (Wildman–Crippen MR) is 85.7 cm³/mol. The van der Waals surface area contributed by atoms with E-state index in [0.717, 1.165) is 35.4 Å². The zero-order chi connectivity index (χ0) is 14.5. The lowest BCUT2D eigenvalue weighted by Gasteiger charge is -2.15. The smallest absolute Gasteiger partial charge is 0.226 e. The summed E-state index contributed by atoms with van der Waals surface area (Å²) in [4.78, 5) is 11.3. The van der Waals surface area contributed by atoms with Gasteiger partial charge in [0.05, 0.1) is 5.39 Å². The number of thiophene rings is 1. The molecule has 2 heterocycles. The number of anilines is 2. The summed E-state index contributed by atoms with van der Waals surface area (Å²) in [6, 6.07) is 2.39. The van der Waals surface area contributed by atoms with Crippen molar-refractivity contribution in [2.45, 2.75) is 39.7 Å². The Balaban J connectivity index is 2.28. The maximum Gasteiger partial charge on any atom is 0.226 e. The number of aliphatic hydroxyl groups excluding tert-OH is 1. The van der Waals surface area contributed by atoms with Crippen LogP contribution < -0.4 is 10.6 Å². The number of fused-ring (bicyclic) bond motifs is 1. The van der Waals surface area contributed by atoms with Crippen LogP contribution in [0.4, 0.5) is 11.8 Å². The average Bonchev–Trinajstić information content (AvgIpc) is 2.77. The van der Waals surface area contributed by atoms with Crippen molar-refractivity contribution in [1.29, 1.82) is 0 Å². The Morgan fingerprint density at radius 2 is 2.20 bits per heavy atom. The van der Waals surface area contributed by atoms with Gasteiger partial charge < -0.3 is 15.7 Å². The first-order valence-electron chi connectivity index (χ1n) is 7.03. The molecule has 6 heteroatoms. The Hall–Kier alpha value is -1.40. The van der Waals surface area contributed by atoms with Crippen LogP contribution in [0.5, 0.6) is 0 Å². The molecule has 0 aliphatic heterocycles. The van der Waals surface area contributed by atoms with Gasteiger partial charge in [0.2, 0.25) is 5.95 Å². The third-order valence-corrected chi connectivity index (χ3v) is 3.97. The van der Waals surface area contributed by atoms with Gasteiger partial charge in [-0.15, -0.1) is 11.3 Å². The van der Waals surface area contributed by atoms with Crippen LogP contribution >= 0.6 is 11.3 Å². The number of nitrogens with one attached hydrogen (secondary N) is 2. The van der Waals surface area contributed by atoms with E-state index in [-0.39, 0.29) is 12.6 Å². The summed E-state index contributed by atoms with van der Waals surface area (Å²) in [6.45, 7) is 7.25. The Bertz CT molecular complexity index is 570. The van der Waals surface area contributed by atoms with E-state index in [9.17, 15) is 0 Å². The molecule has 0 radical (unpaired) electrons. The van der Waals surface area contributed by atoms with E-state index in [2.05, 4.69) is 40.5 Å². The maximum atomic E-state index is 8.91. The number of hydrogen-bond acceptors (Lipinski definition) is 6. The molecule has 0 saturated heterocycles. The minimum atomic E-state index is 0.228. The first kappa shape index (κ1) is 15.0. The molecule has 0 amide bonds. The van der Waals surface area contributed by atoms with Crippen molar-refractivity contribution in [2.75, 3.05) is 23.8 Å². The van der Waals surface area contributed by atoms with E-state index >= 15 is 0 Å². The molecule has 2 aromatic rings. The van der Waals surface area contributed by atoms with Crippen molar-refractivity contribution in [1.82, 2.24) is 9.97 Å². The highest BCUT2D eigenvalue weighted by Crippen LogP contribution is 2.30. The van der Waals surface area contributed by atoms with Crippen molar-refractivity contribution in [2.24, 2.45) is 0 Å². The summed E-state index contributed by atoms with van der Waals surface area (Å²) in [5, 5.41) is 16.6. The molecule has 0 bridgehead atoms. The van der Waals surface area contributed by atoms with E-state index in [4.69, 9.17) is 5.11 Å². The largest absolute Gasteiger partial charge is 0.396 e. The molecule has 1 atom stereocenters. The van der Waals surface area contributed by atoms with E-state index in [1.165, 1.54) is 4.88 Å². The van der Waals surface area contributed by atoms with Crippen LogP contribution in [0.1, 0.15) is 31.6 Å². The third kappa shape index (κ3) is 3.58. The Morgan fingerprint density at radius 3 is 2.90 bits per heavy atom. The molecular weight excluding hydrogens is 272 g/mol. The molecular formula is C14H22N4OS. The second-order valence-electron chi connectivity index (χ2n) is 4.91. The molecule has 0 aromatic carbocycles. The van der Waals surface area contributed by atoms with Gasteiger partial charge in [-0.05, 0) is 39.7 Å². The molecule has 20 heavy (non-hydrogen) atoms. The highest BCUT2D eigenvalue weighted by Gasteiger charge is 2.12. The van der Waals surface area contributed by atoms with E-state index < -0.39 is 0 Å². The van der Waals surface area contributed by atoms with Gasteiger partial charge in [-0.3, -0.25) is 0 Å². The standard InChI is InChI=1S/C14H22N4OS/c1-4-15-14-17-12(16-9(2)6-5-7-19)11-8-10(3)20-13(11)18-14/h8-9,19H,4-7H2,1-3H3,(H2,15,16,17,18). The maximum absolute atomic E-state index is 8.91. The normalized spacial score (nSPS) is 12.6. The lowest BCUT2D eigenvalue weighted by molar-refractivity contribution is 0.282. The zero-order valence-corrected chi connectivity index (χ0v) is 13.0. The van der Waals surface area contributed by atoms with Crippen LogP contribution in [0, 0.1) is 6.92 Å². The first-order valence-corrected chi connectivity index (χ1v) is 7.85. The Kier molecular flexibility index (Phi) is 5.14. The minimum Gasteiger partial charge on any atom is -0.396 e. The van der Waals surface area contributed by atoms with Crippen LogP contribution in [0.3, 0.4) is 0 Å². The van der Waals surface area contributed by atoms with Crippen LogP contribution in [0.2, 0.25) is 0 Å². The molecule has 0 aliphatic carbocycles. The number of rotatable bonds is 7. The SMILES string of the molecule is CCNc1nc(NC(C)CCCO)c2cc(C)sc2n1. The number of aliphatic hydroxyl groups is 1. The lowest BCUT2D eigenvalue weighted by Crippen LogP contribution is -2.17. The Labute approximate surface area is 123 Å². The van der Waals surface area contributed by atoms with Crippen LogP contribution in [0.15, 0.2) is 6.07 Å². The van der Waals surface area contributed by atoms with Gasteiger partial charge in [-0.2, -0.15) is 4.98 Å². The van der Waals surface area contributed by atoms with E-state index in [1.54, 1.807) is 11.3 Å². The molecule has 2 aromatic heterocycles. The van der Waals surface area contributed by atoms with Gasteiger partial charge in [0, 0.05) is 24.1 Å². The van der Waals surface area contributed by atoms with Crippen molar-refractivity contribution in [3.63, 3.8) is 0 Å². The first-order chi connectivity index (χ1) is 9.63. The molecule has 0 saturated carbocycles. The van der Waals surface area contributed by atoms with Crippen molar-refractivity contribution in [3.05, 3.63) is 10.9 Å². The minimum absolute atomic E-state index is 0.228. The summed E-state index contributed by atoms with van der Waals surface area (Å²) in [5.41, 5.74) is 0. The fourth-order valence-corrected chi connectivity index (χ4v) is 2.97. The molecule has 110 valence electrons. The van der Waals surface area contributed by atoms with Crippen molar-refractivity contribution >= 4 is 33.3 Å². The Morgan fingerprint density at radius 1 is 1.40 bits per heavy atom. The highest BCUT2D eigenvalue weighted by atomic mass is 32.1. The molecule has 0 spiro atoms. The van der Waals surface area contributed by atoms with E-state index in [0.29, 0.717) is 5.95 Å². The molecule has 5 nitrogen and oxygen atoms in total. The van der Waals surface area contributed by atoms with Gasteiger partial charge in [-0.25, -0.2) is 4.98 Å². The van der Waals surface area contributed by atoms with Crippen molar-refractivity contribution < 1.29 is 5.11 Å². The summed E-state index contributed by atoms with van der Waals surface area (Å²) >= 11 is 1.68. The number of nitrogens with zero attached hydrogens (tertiary/aromatic N) is 2. The molecule has 0 aliphatic rings. The summed E-state index contributed by atoms with van der Waals surface area (Å²) in [6.07, 6.45) is 1.72.